The summed E-state index contributed by atoms with van der Waals surface area (Å²) >= 11 is 6.10. The van der Waals surface area contributed by atoms with Crippen LogP contribution in [0.1, 0.15) is 12.0 Å². The van der Waals surface area contributed by atoms with Gasteiger partial charge in [0.05, 0.1) is 18.9 Å². The Morgan fingerprint density at radius 1 is 1.29 bits per heavy atom. The van der Waals surface area contributed by atoms with Gasteiger partial charge in [0.25, 0.3) is 5.91 Å². The normalized spacial score (nSPS) is 21.4. The molecular weight excluding hydrogens is 384 g/mol. The minimum Gasteiger partial charge on any atom is -0.379 e. The molecule has 3 rings (SSSR count). The number of imide groups is 2. The summed E-state index contributed by atoms with van der Waals surface area (Å²) in [5, 5.41) is 2.64. The monoisotopic (exact) mass is 406 g/mol. The second kappa shape index (κ2) is 9.27. The van der Waals surface area contributed by atoms with Crippen molar-refractivity contribution in [2.24, 2.45) is 10.9 Å². The number of nitrogens with one attached hydrogen (secondary N) is 1. The van der Waals surface area contributed by atoms with Crippen LogP contribution in [0, 0.1) is 12.8 Å². The van der Waals surface area contributed by atoms with Crippen molar-refractivity contribution < 1.29 is 19.1 Å². The summed E-state index contributed by atoms with van der Waals surface area (Å²) in [6.07, 6.45) is 2.14. The zero-order valence-corrected chi connectivity index (χ0v) is 16.4. The smallest absolute Gasteiger partial charge is 0.335 e. The molecule has 2 aliphatic heterocycles. The van der Waals surface area contributed by atoms with E-state index < -0.39 is 23.8 Å². The van der Waals surface area contributed by atoms with Crippen molar-refractivity contribution in [3.8, 4) is 0 Å². The molecule has 0 saturated carbocycles. The van der Waals surface area contributed by atoms with Gasteiger partial charge in [-0.3, -0.25) is 24.8 Å². The summed E-state index contributed by atoms with van der Waals surface area (Å²) in [4.78, 5) is 44.5. The van der Waals surface area contributed by atoms with Gasteiger partial charge in [0.1, 0.15) is 0 Å². The van der Waals surface area contributed by atoms with Gasteiger partial charge in [-0.1, -0.05) is 17.7 Å². The van der Waals surface area contributed by atoms with Gasteiger partial charge in [0.2, 0.25) is 5.91 Å². The van der Waals surface area contributed by atoms with Crippen LogP contribution in [0.15, 0.2) is 23.2 Å². The van der Waals surface area contributed by atoms with Crippen LogP contribution in [0.3, 0.4) is 0 Å². The van der Waals surface area contributed by atoms with Crippen molar-refractivity contribution in [1.29, 1.82) is 0 Å². The first-order chi connectivity index (χ1) is 13.5. The largest absolute Gasteiger partial charge is 0.379 e. The number of anilines is 1. The maximum absolute atomic E-state index is 12.7. The lowest BCUT2D eigenvalue weighted by Crippen LogP contribution is -2.58. The highest BCUT2D eigenvalue weighted by molar-refractivity contribution is 6.34. The van der Waals surface area contributed by atoms with Crippen LogP contribution in [0.2, 0.25) is 5.02 Å². The molecule has 2 aliphatic rings. The fourth-order valence-corrected chi connectivity index (χ4v) is 3.25. The van der Waals surface area contributed by atoms with Crippen molar-refractivity contribution in [1.82, 2.24) is 10.2 Å². The molecule has 2 saturated heterocycles. The van der Waals surface area contributed by atoms with Gasteiger partial charge in [0.15, 0.2) is 5.92 Å². The van der Waals surface area contributed by atoms with Crippen LogP contribution in [-0.2, 0) is 14.3 Å². The third kappa shape index (κ3) is 4.76. The molecule has 2 fully saturated rings. The zero-order chi connectivity index (χ0) is 20.1. The Morgan fingerprint density at radius 2 is 2.04 bits per heavy atom. The summed E-state index contributed by atoms with van der Waals surface area (Å²) < 4.78 is 5.31. The third-order valence-electron chi connectivity index (χ3n) is 4.74. The number of hydrogen-bond acceptors (Lipinski definition) is 6. The van der Waals surface area contributed by atoms with Crippen LogP contribution in [0.25, 0.3) is 0 Å². The lowest BCUT2D eigenvalue weighted by Gasteiger charge is -2.28. The maximum Gasteiger partial charge on any atom is 0.335 e. The minimum absolute atomic E-state index is 0.316. The van der Waals surface area contributed by atoms with Crippen LogP contribution in [0.5, 0.6) is 0 Å². The molecule has 0 radical (unpaired) electrons. The lowest BCUT2D eigenvalue weighted by molar-refractivity contribution is -0.131. The number of barbiturate groups is 1. The maximum atomic E-state index is 12.7. The first-order valence-electron chi connectivity index (χ1n) is 9.22. The van der Waals surface area contributed by atoms with E-state index in [1.165, 1.54) is 12.3 Å². The van der Waals surface area contributed by atoms with E-state index in [0.29, 0.717) is 17.3 Å². The number of ether oxygens (including phenoxy) is 1. The minimum atomic E-state index is -1.14. The Labute approximate surface area is 168 Å². The molecule has 1 aromatic rings. The molecule has 1 atom stereocenters. The third-order valence-corrected chi connectivity index (χ3v) is 5.14. The average molecular weight is 407 g/mol. The number of hydrogen-bond donors (Lipinski definition) is 1. The number of morpholine rings is 1. The van der Waals surface area contributed by atoms with Crippen molar-refractivity contribution >= 4 is 41.3 Å². The topological polar surface area (TPSA) is 91.3 Å². The first-order valence-corrected chi connectivity index (χ1v) is 9.60. The molecule has 0 bridgehead atoms. The molecule has 0 unspecified atom stereocenters. The number of aryl methyl sites for hydroxylation is 1. The summed E-state index contributed by atoms with van der Waals surface area (Å²) in [5.74, 6) is -2.44. The molecule has 4 amide bonds. The van der Waals surface area contributed by atoms with Crippen LogP contribution < -0.4 is 10.2 Å². The van der Waals surface area contributed by atoms with Crippen LogP contribution in [-0.4, -0.2) is 68.4 Å². The number of carbonyl (C=O) groups is 3. The number of rotatable bonds is 6. The second-order valence-corrected chi connectivity index (χ2v) is 7.15. The zero-order valence-electron chi connectivity index (χ0n) is 15.7. The van der Waals surface area contributed by atoms with Gasteiger partial charge in [-0.25, -0.2) is 9.69 Å². The summed E-state index contributed by atoms with van der Waals surface area (Å²) in [7, 11) is 0. The van der Waals surface area contributed by atoms with Crippen LogP contribution in [0.4, 0.5) is 10.5 Å². The number of benzene rings is 1. The Balaban J connectivity index is 1.61. The number of aliphatic imine (C=N–C) groups is 1. The standard InChI is InChI=1S/C19H23ClN4O4/c1-13-3-4-14(11-16(13)20)24-18(26)15(17(25)22-19(24)27)12-21-5-2-6-23-7-9-28-10-8-23/h3-4,11-12,15H,2,5-10H2,1H3,(H,22,25,27)/t15-/m1/s1. The Hall–Kier alpha value is -2.29. The quantitative estimate of drug-likeness (QED) is 0.440. The molecule has 0 spiro atoms. The number of amides is 4. The average Bonchev–Trinajstić information content (AvgIpc) is 2.67. The molecule has 0 aromatic heterocycles. The molecule has 28 heavy (non-hydrogen) atoms. The molecule has 8 nitrogen and oxygen atoms in total. The number of halogens is 1. The molecule has 9 heteroatoms. The Morgan fingerprint density at radius 3 is 2.75 bits per heavy atom. The number of carbonyl (C=O) groups excluding carboxylic acids is 3. The molecule has 2 heterocycles. The highest BCUT2D eigenvalue weighted by Crippen LogP contribution is 2.25. The van der Waals surface area contributed by atoms with E-state index in [2.05, 4.69) is 15.2 Å². The molecule has 1 N–H and O–H groups in total. The van der Waals surface area contributed by atoms with Crippen molar-refractivity contribution in [2.75, 3.05) is 44.3 Å². The Kier molecular flexibility index (Phi) is 6.77. The van der Waals surface area contributed by atoms with Gasteiger partial charge in [-0.05, 0) is 31.0 Å². The molecule has 0 aliphatic carbocycles. The van der Waals surface area contributed by atoms with E-state index in [1.807, 2.05) is 6.92 Å². The van der Waals surface area contributed by atoms with E-state index in [-0.39, 0.29) is 0 Å². The molecule has 1 aromatic carbocycles. The van der Waals surface area contributed by atoms with E-state index in [4.69, 9.17) is 16.3 Å². The number of nitrogens with zero attached hydrogens (tertiary/aromatic N) is 3. The Bertz CT molecular complexity index is 792. The predicted octanol–water partition coefficient (Wildman–Crippen LogP) is 1.64. The van der Waals surface area contributed by atoms with E-state index >= 15 is 0 Å². The van der Waals surface area contributed by atoms with Crippen LogP contribution >= 0.6 is 11.6 Å². The SMILES string of the molecule is Cc1ccc(N2C(=O)NC(=O)[C@@H](C=NCCCN3CCOCC3)C2=O)cc1Cl. The van der Waals surface area contributed by atoms with E-state index in [1.54, 1.807) is 12.1 Å². The molecule has 150 valence electrons. The van der Waals surface area contributed by atoms with Gasteiger partial charge in [0, 0.05) is 37.4 Å². The number of urea groups is 1. The molecular formula is C19H23ClN4O4. The lowest BCUT2D eigenvalue weighted by atomic mass is 10.1. The summed E-state index contributed by atoms with van der Waals surface area (Å²) in [6.45, 7) is 6.50. The second-order valence-electron chi connectivity index (χ2n) is 6.74. The van der Waals surface area contributed by atoms with E-state index in [9.17, 15) is 14.4 Å². The first kappa shape index (κ1) is 20.4. The highest BCUT2D eigenvalue weighted by Gasteiger charge is 2.40. The van der Waals surface area contributed by atoms with Gasteiger partial charge < -0.3 is 4.74 Å². The van der Waals surface area contributed by atoms with Crippen molar-refractivity contribution in [3.63, 3.8) is 0 Å². The van der Waals surface area contributed by atoms with E-state index in [0.717, 1.165) is 49.7 Å². The van der Waals surface area contributed by atoms with Gasteiger partial charge >= 0.3 is 6.03 Å². The summed E-state index contributed by atoms with van der Waals surface area (Å²) in [5.41, 5.74) is 1.14. The van der Waals surface area contributed by atoms with Crippen molar-refractivity contribution in [3.05, 3.63) is 28.8 Å². The predicted molar refractivity (Wildman–Crippen MR) is 106 cm³/mol. The summed E-state index contributed by atoms with van der Waals surface area (Å²) in [6, 6.07) is 4.07. The van der Waals surface area contributed by atoms with Crippen molar-refractivity contribution in [2.45, 2.75) is 13.3 Å². The fourth-order valence-electron chi connectivity index (χ4n) is 3.08. The van der Waals surface area contributed by atoms with Gasteiger partial charge in [-0.15, -0.1) is 0 Å². The highest BCUT2D eigenvalue weighted by atomic mass is 35.5. The van der Waals surface area contributed by atoms with Gasteiger partial charge in [-0.2, -0.15) is 0 Å². The fraction of sp³-hybridized carbons (Fsp3) is 0.474.